The molecule has 5 nitrogen and oxygen atoms in total. The number of fused-ring (bicyclic) bond motifs is 1. The molecule has 1 fully saturated rings. The van der Waals surface area contributed by atoms with Crippen molar-refractivity contribution in [3.05, 3.63) is 36.3 Å². The Balaban J connectivity index is 1.54. The van der Waals surface area contributed by atoms with Gasteiger partial charge in [0.15, 0.2) is 0 Å². The summed E-state index contributed by atoms with van der Waals surface area (Å²) in [5, 5.41) is 2.97. The van der Waals surface area contributed by atoms with Crippen LogP contribution in [-0.2, 0) is 11.2 Å². The third-order valence-electron chi connectivity index (χ3n) is 4.28. The molecule has 5 heteroatoms. The van der Waals surface area contributed by atoms with E-state index >= 15 is 0 Å². The first-order chi connectivity index (χ1) is 10.2. The van der Waals surface area contributed by atoms with Crippen molar-refractivity contribution in [2.45, 2.75) is 44.1 Å². The van der Waals surface area contributed by atoms with Crippen molar-refractivity contribution in [2.24, 2.45) is 5.73 Å². The quantitative estimate of drug-likeness (QED) is 0.897. The Morgan fingerprint density at radius 1 is 1.33 bits per heavy atom. The number of hydrogen-bond donors (Lipinski definition) is 2. The van der Waals surface area contributed by atoms with Crippen LogP contribution >= 0.6 is 0 Å². The maximum atomic E-state index is 12.2. The van der Waals surface area contributed by atoms with E-state index in [2.05, 4.69) is 10.3 Å². The second-order valence-corrected chi connectivity index (χ2v) is 5.92. The molecule has 0 radical (unpaired) electrons. The van der Waals surface area contributed by atoms with Crippen LogP contribution in [0.15, 0.2) is 30.6 Å². The number of nitrogens with one attached hydrogen (secondary N) is 1. The molecule has 1 amide bonds. The molecule has 112 valence electrons. The van der Waals surface area contributed by atoms with Crippen molar-refractivity contribution in [3.8, 4) is 0 Å². The highest BCUT2D eigenvalue weighted by Crippen LogP contribution is 2.25. The number of rotatable bonds is 4. The Morgan fingerprint density at radius 2 is 2.14 bits per heavy atom. The molecule has 2 aromatic heterocycles. The molecule has 3 N–H and O–H groups in total. The number of carbonyl (C=O) groups is 1. The largest absolute Gasteiger partial charge is 0.354 e. The van der Waals surface area contributed by atoms with Crippen molar-refractivity contribution >= 4 is 11.6 Å². The fourth-order valence-corrected chi connectivity index (χ4v) is 3.00. The third kappa shape index (κ3) is 3.08. The summed E-state index contributed by atoms with van der Waals surface area (Å²) in [7, 11) is 0. The molecule has 0 bridgehead atoms. The summed E-state index contributed by atoms with van der Waals surface area (Å²) in [4.78, 5) is 16.7. The van der Waals surface area contributed by atoms with Crippen molar-refractivity contribution in [2.75, 3.05) is 6.54 Å². The Morgan fingerprint density at radius 3 is 2.90 bits per heavy atom. The molecule has 0 atom stereocenters. The fourth-order valence-electron chi connectivity index (χ4n) is 3.00. The lowest BCUT2D eigenvalue weighted by Crippen LogP contribution is -2.55. The number of imidazole rings is 1. The molecule has 0 aromatic carbocycles. The minimum Gasteiger partial charge on any atom is -0.354 e. The van der Waals surface area contributed by atoms with E-state index in [-0.39, 0.29) is 5.91 Å². The second-order valence-electron chi connectivity index (χ2n) is 5.92. The summed E-state index contributed by atoms with van der Waals surface area (Å²) in [5.74, 6) is -0.00837. The highest BCUT2D eigenvalue weighted by Gasteiger charge is 2.34. The van der Waals surface area contributed by atoms with Crippen LogP contribution in [0.4, 0.5) is 0 Å². The first-order valence-corrected chi connectivity index (χ1v) is 7.67. The Kier molecular flexibility index (Phi) is 3.92. The molecule has 1 aliphatic carbocycles. The van der Waals surface area contributed by atoms with Crippen molar-refractivity contribution in [1.29, 1.82) is 0 Å². The Bertz CT molecular complexity index is 595. The van der Waals surface area contributed by atoms with Crippen molar-refractivity contribution < 1.29 is 4.79 Å². The van der Waals surface area contributed by atoms with E-state index in [1.54, 1.807) is 0 Å². The molecule has 1 saturated carbocycles. The lowest BCUT2D eigenvalue weighted by atomic mass is 9.82. The molecule has 0 saturated heterocycles. The molecule has 1 aliphatic rings. The van der Waals surface area contributed by atoms with Crippen LogP contribution in [-0.4, -0.2) is 27.4 Å². The number of carbonyl (C=O) groups excluding carboxylic acids is 1. The van der Waals surface area contributed by atoms with Crippen LogP contribution in [0.2, 0.25) is 0 Å². The van der Waals surface area contributed by atoms with Gasteiger partial charge in [-0.1, -0.05) is 25.3 Å². The zero-order chi connectivity index (χ0) is 14.7. The van der Waals surface area contributed by atoms with E-state index in [0.717, 1.165) is 43.4 Å². The van der Waals surface area contributed by atoms with Crippen LogP contribution in [0, 0.1) is 0 Å². The van der Waals surface area contributed by atoms with Crippen LogP contribution < -0.4 is 11.1 Å². The Labute approximate surface area is 124 Å². The van der Waals surface area contributed by atoms with Gasteiger partial charge < -0.3 is 15.5 Å². The predicted molar refractivity (Wildman–Crippen MR) is 81.9 cm³/mol. The van der Waals surface area contributed by atoms with E-state index in [0.29, 0.717) is 6.54 Å². The third-order valence-corrected chi connectivity index (χ3v) is 4.28. The zero-order valence-electron chi connectivity index (χ0n) is 12.2. The molecule has 0 spiro atoms. The van der Waals surface area contributed by atoms with Gasteiger partial charge in [0.25, 0.3) is 0 Å². The minimum absolute atomic E-state index is 0.00837. The molecule has 3 rings (SSSR count). The van der Waals surface area contributed by atoms with Crippen LogP contribution in [0.25, 0.3) is 5.65 Å². The number of hydrogen-bond acceptors (Lipinski definition) is 3. The average molecular weight is 286 g/mol. The fraction of sp³-hybridized carbons (Fsp3) is 0.500. The molecule has 0 aliphatic heterocycles. The standard InChI is InChI=1S/C16H22N4O/c17-16(8-3-1-4-9-16)15(21)18-10-7-13-12-20-11-5-2-6-14(20)19-13/h2,5-6,11-12H,1,3-4,7-10,17H2,(H,18,21). The topological polar surface area (TPSA) is 72.4 Å². The smallest absolute Gasteiger partial charge is 0.240 e. The van der Waals surface area contributed by atoms with Gasteiger partial charge in [0.2, 0.25) is 5.91 Å². The highest BCUT2D eigenvalue weighted by atomic mass is 16.2. The maximum Gasteiger partial charge on any atom is 0.240 e. The second kappa shape index (κ2) is 5.85. The van der Waals surface area contributed by atoms with Crippen LogP contribution in [0.1, 0.15) is 37.8 Å². The van der Waals surface area contributed by atoms with Gasteiger partial charge in [-0.3, -0.25) is 4.79 Å². The van der Waals surface area contributed by atoms with E-state index in [1.807, 2.05) is 35.0 Å². The minimum atomic E-state index is -0.656. The summed E-state index contributed by atoms with van der Waals surface area (Å²) in [6.07, 6.45) is 9.59. The summed E-state index contributed by atoms with van der Waals surface area (Å²) in [6, 6.07) is 5.91. The van der Waals surface area contributed by atoms with Gasteiger partial charge >= 0.3 is 0 Å². The number of nitrogens with two attached hydrogens (primary N) is 1. The summed E-state index contributed by atoms with van der Waals surface area (Å²) >= 11 is 0. The van der Waals surface area contributed by atoms with E-state index in [9.17, 15) is 4.79 Å². The lowest BCUT2D eigenvalue weighted by Gasteiger charge is -2.31. The van der Waals surface area contributed by atoms with E-state index < -0.39 is 5.54 Å². The number of amides is 1. The van der Waals surface area contributed by atoms with Gasteiger partial charge in [-0.15, -0.1) is 0 Å². The van der Waals surface area contributed by atoms with E-state index in [4.69, 9.17) is 5.73 Å². The van der Waals surface area contributed by atoms with E-state index in [1.165, 1.54) is 6.42 Å². The lowest BCUT2D eigenvalue weighted by molar-refractivity contribution is -0.127. The van der Waals surface area contributed by atoms with Crippen molar-refractivity contribution in [3.63, 3.8) is 0 Å². The summed E-state index contributed by atoms with van der Waals surface area (Å²) in [6.45, 7) is 0.585. The Hall–Kier alpha value is -1.88. The average Bonchev–Trinajstić information content (AvgIpc) is 2.90. The number of aromatic nitrogens is 2. The number of pyridine rings is 1. The highest BCUT2D eigenvalue weighted by molar-refractivity contribution is 5.86. The normalized spacial score (nSPS) is 17.8. The van der Waals surface area contributed by atoms with Crippen LogP contribution in [0.5, 0.6) is 0 Å². The van der Waals surface area contributed by atoms with Crippen molar-refractivity contribution in [1.82, 2.24) is 14.7 Å². The first kappa shape index (κ1) is 14.1. The summed E-state index contributed by atoms with van der Waals surface area (Å²) < 4.78 is 1.99. The van der Waals surface area contributed by atoms with Gasteiger partial charge in [-0.2, -0.15) is 0 Å². The van der Waals surface area contributed by atoms with Gasteiger partial charge in [-0.05, 0) is 25.0 Å². The molecular formula is C16H22N4O. The van der Waals surface area contributed by atoms with Crippen LogP contribution in [0.3, 0.4) is 0 Å². The zero-order valence-corrected chi connectivity index (χ0v) is 12.2. The molecule has 21 heavy (non-hydrogen) atoms. The molecular weight excluding hydrogens is 264 g/mol. The van der Waals surface area contributed by atoms with Gasteiger partial charge in [0.05, 0.1) is 11.2 Å². The first-order valence-electron chi connectivity index (χ1n) is 7.67. The maximum absolute atomic E-state index is 12.2. The monoisotopic (exact) mass is 286 g/mol. The SMILES string of the molecule is NC1(C(=O)NCCc2cn3ccccc3n2)CCCCC1. The predicted octanol–water partition coefficient (Wildman–Crippen LogP) is 1.65. The summed E-state index contributed by atoms with van der Waals surface area (Å²) in [5.41, 5.74) is 7.47. The number of nitrogens with zero attached hydrogens (tertiary/aromatic N) is 2. The molecule has 0 unspecified atom stereocenters. The van der Waals surface area contributed by atoms with Gasteiger partial charge in [0.1, 0.15) is 5.65 Å². The van der Waals surface area contributed by atoms with Gasteiger partial charge in [0, 0.05) is 25.4 Å². The molecule has 2 aromatic rings. The molecule has 2 heterocycles. The van der Waals surface area contributed by atoms with Gasteiger partial charge in [-0.25, -0.2) is 4.98 Å².